The highest BCUT2D eigenvalue weighted by atomic mass is 15.2. The van der Waals surface area contributed by atoms with E-state index in [1.807, 2.05) is 6.21 Å². The molecule has 0 saturated heterocycles. The van der Waals surface area contributed by atoms with Crippen LogP contribution >= 0.6 is 0 Å². The van der Waals surface area contributed by atoms with Crippen LogP contribution in [0.5, 0.6) is 0 Å². The molecule has 17 heavy (non-hydrogen) atoms. The standard InChI is InChI=1S/C14H21N3/c1-12(2)13-11-17-9-7-5-3-4-6-8-15-14(17)10-16-13/h5,7,10-12H,3-4,6,8-9H2,1-2H3/b7-5+,15-14-. The number of amidine groups is 1. The predicted molar refractivity (Wildman–Crippen MR) is 73.4 cm³/mol. The normalized spacial score (nSPS) is 25.9. The van der Waals surface area contributed by atoms with Crippen LogP contribution in [-0.2, 0) is 0 Å². The minimum absolute atomic E-state index is 0.465. The molecule has 2 heterocycles. The first kappa shape index (κ1) is 12.1. The zero-order valence-corrected chi connectivity index (χ0v) is 10.8. The third-order valence-corrected chi connectivity index (χ3v) is 3.02. The summed E-state index contributed by atoms with van der Waals surface area (Å²) >= 11 is 0. The van der Waals surface area contributed by atoms with Crippen molar-refractivity contribution in [2.75, 3.05) is 13.1 Å². The maximum atomic E-state index is 4.62. The van der Waals surface area contributed by atoms with E-state index in [0.717, 1.165) is 31.0 Å². The summed E-state index contributed by atoms with van der Waals surface area (Å²) < 4.78 is 0. The van der Waals surface area contributed by atoms with Crippen LogP contribution < -0.4 is 0 Å². The molecular formula is C14H21N3. The first-order valence-electron chi connectivity index (χ1n) is 6.49. The van der Waals surface area contributed by atoms with Crippen LogP contribution in [0.2, 0.25) is 0 Å². The van der Waals surface area contributed by atoms with Gasteiger partial charge < -0.3 is 4.90 Å². The van der Waals surface area contributed by atoms with Crippen molar-refractivity contribution in [1.29, 1.82) is 0 Å². The van der Waals surface area contributed by atoms with Crippen molar-refractivity contribution in [3.63, 3.8) is 0 Å². The Balaban J connectivity index is 2.17. The van der Waals surface area contributed by atoms with Crippen LogP contribution in [0.25, 0.3) is 0 Å². The summed E-state index contributed by atoms with van der Waals surface area (Å²) in [5.74, 6) is 1.47. The number of fused-ring (bicyclic) bond motifs is 1. The van der Waals surface area contributed by atoms with E-state index in [-0.39, 0.29) is 0 Å². The number of hydrogen-bond acceptors (Lipinski definition) is 3. The molecule has 0 spiro atoms. The van der Waals surface area contributed by atoms with Gasteiger partial charge in [0, 0.05) is 19.3 Å². The highest BCUT2D eigenvalue weighted by Crippen LogP contribution is 2.16. The average Bonchev–Trinajstić information content (AvgIpc) is 2.34. The largest absolute Gasteiger partial charge is 0.326 e. The predicted octanol–water partition coefficient (Wildman–Crippen LogP) is 3.01. The summed E-state index contributed by atoms with van der Waals surface area (Å²) in [5.41, 5.74) is 1.13. The fraction of sp³-hybridized carbons (Fsp3) is 0.571. The van der Waals surface area contributed by atoms with E-state index < -0.39 is 0 Å². The van der Waals surface area contributed by atoms with Gasteiger partial charge in [0.15, 0.2) is 0 Å². The number of aliphatic imine (C=N–C) groups is 2. The molecule has 2 aliphatic rings. The maximum Gasteiger partial charge on any atom is 0.146 e. The Morgan fingerprint density at radius 3 is 2.94 bits per heavy atom. The number of rotatable bonds is 1. The number of nitrogens with zero attached hydrogens (tertiary/aromatic N) is 3. The lowest BCUT2D eigenvalue weighted by Gasteiger charge is -2.24. The topological polar surface area (TPSA) is 28.0 Å². The zero-order chi connectivity index (χ0) is 12.1. The molecule has 2 rings (SSSR count). The highest BCUT2D eigenvalue weighted by molar-refractivity contribution is 6.30. The summed E-state index contributed by atoms with van der Waals surface area (Å²) in [6.45, 7) is 6.16. The molecule has 2 aliphatic heterocycles. The lowest BCUT2D eigenvalue weighted by Crippen LogP contribution is -2.31. The van der Waals surface area contributed by atoms with E-state index in [1.54, 1.807) is 0 Å². The Bertz CT molecular complexity index is 375. The van der Waals surface area contributed by atoms with Crippen LogP contribution in [0.1, 0.15) is 33.1 Å². The fourth-order valence-corrected chi connectivity index (χ4v) is 1.92. The van der Waals surface area contributed by atoms with Crippen LogP contribution in [0.15, 0.2) is 34.0 Å². The van der Waals surface area contributed by atoms with Crippen molar-refractivity contribution in [3.05, 3.63) is 24.0 Å². The Morgan fingerprint density at radius 1 is 1.24 bits per heavy atom. The summed E-state index contributed by atoms with van der Waals surface area (Å²) in [4.78, 5) is 11.3. The van der Waals surface area contributed by atoms with Gasteiger partial charge in [-0.3, -0.25) is 9.98 Å². The molecule has 0 aromatic carbocycles. The van der Waals surface area contributed by atoms with Crippen molar-refractivity contribution in [3.8, 4) is 0 Å². The van der Waals surface area contributed by atoms with E-state index in [0.29, 0.717) is 5.92 Å². The van der Waals surface area contributed by atoms with Crippen LogP contribution in [0.4, 0.5) is 0 Å². The van der Waals surface area contributed by atoms with E-state index in [1.165, 1.54) is 12.8 Å². The van der Waals surface area contributed by atoms with Gasteiger partial charge in [-0.25, -0.2) is 0 Å². The number of hydrogen-bond donors (Lipinski definition) is 0. The van der Waals surface area contributed by atoms with Crippen LogP contribution in [-0.4, -0.2) is 30.0 Å². The molecule has 0 aromatic rings. The van der Waals surface area contributed by atoms with Crippen molar-refractivity contribution in [2.24, 2.45) is 15.9 Å². The van der Waals surface area contributed by atoms with Gasteiger partial charge in [0.25, 0.3) is 0 Å². The molecule has 3 heteroatoms. The molecule has 0 radical (unpaired) electrons. The lowest BCUT2D eigenvalue weighted by atomic mass is 10.1. The second-order valence-electron chi connectivity index (χ2n) is 4.83. The minimum atomic E-state index is 0.465. The molecule has 3 nitrogen and oxygen atoms in total. The molecule has 0 atom stereocenters. The maximum absolute atomic E-state index is 4.62. The van der Waals surface area contributed by atoms with Crippen LogP contribution in [0.3, 0.4) is 0 Å². The zero-order valence-electron chi connectivity index (χ0n) is 10.8. The van der Waals surface area contributed by atoms with Gasteiger partial charge in [0.1, 0.15) is 5.84 Å². The summed E-state index contributed by atoms with van der Waals surface area (Å²) in [5, 5.41) is 0. The smallest absolute Gasteiger partial charge is 0.146 e. The molecule has 0 aromatic heterocycles. The van der Waals surface area contributed by atoms with E-state index in [2.05, 4.69) is 47.1 Å². The van der Waals surface area contributed by atoms with Gasteiger partial charge in [-0.05, 0) is 25.2 Å². The van der Waals surface area contributed by atoms with Gasteiger partial charge in [-0.2, -0.15) is 0 Å². The van der Waals surface area contributed by atoms with E-state index in [9.17, 15) is 0 Å². The highest BCUT2D eigenvalue weighted by Gasteiger charge is 2.14. The quantitative estimate of drug-likeness (QED) is 0.637. The molecular weight excluding hydrogens is 210 g/mol. The molecule has 0 N–H and O–H groups in total. The van der Waals surface area contributed by atoms with Crippen molar-refractivity contribution >= 4 is 12.1 Å². The van der Waals surface area contributed by atoms with Crippen LogP contribution in [0, 0.1) is 5.92 Å². The monoisotopic (exact) mass is 231 g/mol. The van der Waals surface area contributed by atoms with E-state index in [4.69, 9.17) is 0 Å². The molecule has 0 unspecified atom stereocenters. The Labute approximate surface area is 104 Å². The lowest BCUT2D eigenvalue weighted by molar-refractivity contribution is 0.588. The molecule has 0 fully saturated rings. The number of allylic oxidation sites excluding steroid dienone is 2. The first-order valence-corrected chi connectivity index (χ1v) is 6.49. The van der Waals surface area contributed by atoms with Gasteiger partial charge in [-0.1, -0.05) is 26.0 Å². The summed E-state index contributed by atoms with van der Waals surface area (Å²) in [6, 6.07) is 0. The summed E-state index contributed by atoms with van der Waals surface area (Å²) in [6.07, 6.45) is 12.1. The fourth-order valence-electron chi connectivity index (χ4n) is 1.92. The van der Waals surface area contributed by atoms with Gasteiger partial charge in [0.2, 0.25) is 0 Å². The molecule has 0 aliphatic carbocycles. The van der Waals surface area contributed by atoms with Crippen molar-refractivity contribution in [1.82, 2.24) is 4.90 Å². The summed E-state index contributed by atoms with van der Waals surface area (Å²) in [7, 11) is 0. The minimum Gasteiger partial charge on any atom is -0.326 e. The second-order valence-corrected chi connectivity index (χ2v) is 4.83. The SMILES string of the molecule is CC(C)C1=CN2C/C=C/CCCC/N=C\2C=N1. The van der Waals surface area contributed by atoms with Crippen molar-refractivity contribution in [2.45, 2.75) is 33.1 Å². The Morgan fingerprint density at radius 2 is 2.12 bits per heavy atom. The van der Waals surface area contributed by atoms with E-state index >= 15 is 0 Å². The Kier molecular flexibility index (Phi) is 4.13. The van der Waals surface area contributed by atoms with Gasteiger partial charge in [0.05, 0.1) is 11.9 Å². The molecule has 0 saturated carbocycles. The second kappa shape index (κ2) is 5.80. The van der Waals surface area contributed by atoms with Gasteiger partial charge >= 0.3 is 0 Å². The van der Waals surface area contributed by atoms with Gasteiger partial charge in [-0.15, -0.1) is 0 Å². The average molecular weight is 231 g/mol. The first-order chi connectivity index (χ1) is 8.27. The third-order valence-electron chi connectivity index (χ3n) is 3.02. The Hall–Kier alpha value is -1.38. The third kappa shape index (κ3) is 3.29. The molecule has 92 valence electrons. The van der Waals surface area contributed by atoms with Crippen molar-refractivity contribution < 1.29 is 0 Å². The molecule has 0 amide bonds. The molecule has 0 bridgehead atoms.